The third-order valence-corrected chi connectivity index (χ3v) is 5.98. The molecule has 0 aliphatic carbocycles. The number of nitrogens with one attached hydrogen (secondary N) is 1. The van der Waals surface area contributed by atoms with Crippen molar-refractivity contribution >= 4 is 11.6 Å². The number of likely N-dealkylation sites (tertiary alicyclic amines) is 1. The molecular weight excluding hydrogens is 380 g/mol. The molecule has 30 heavy (non-hydrogen) atoms. The summed E-state index contributed by atoms with van der Waals surface area (Å²) >= 11 is 0. The van der Waals surface area contributed by atoms with Crippen molar-refractivity contribution in [1.29, 1.82) is 0 Å². The number of carbonyl (C=O) groups excluding carboxylic acids is 1. The number of fused-ring (bicyclic) bond motifs is 4. The minimum atomic E-state index is -0.167. The van der Waals surface area contributed by atoms with Crippen LogP contribution < -0.4 is 15.6 Å². The average Bonchev–Trinajstić information content (AvgIpc) is 2.70. The van der Waals surface area contributed by atoms with E-state index in [2.05, 4.69) is 22.3 Å². The number of carbonyl (C=O) groups is 1. The topological polar surface area (TPSA) is 66.8 Å². The first-order valence-electron chi connectivity index (χ1n) is 10.5. The molecule has 2 unspecified atom stereocenters. The number of ether oxygens (including phenoxy) is 1. The van der Waals surface area contributed by atoms with Gasteiger partial charge in [0.25, 0.3) is 5.56 Å². The third kappa shape index (κ3) is 4.42. The van der Waals surface area contributed by atoms with Crippen LogP contribution in [-0.2, 0) is 17.9 Å². The summed E-state index contributed by atoms with van der Waals surface area (Å²) in [5, 5.41) is 2.77. The Morgan fingerprint density at radius 2 is 1.90 bits per heavy atom. The van der Waals surface area contributed by atoms with E-state index in [1.807, 2.05) is 36.9 Å². The molecule has 1 saturated heterocycles. The molecule has 4 rings (SSSR count). The molecule has 2 aliphatic rings. The Kier molecular flexibility index (Phi) is 5.92. The van der Waals surface area contributed by atoms with Gasteiger partial charge >= 0.3 is 0 Å². The second-order valence-corrected chi connectivity index (χ2v) is 8.71. The van der Waals surface area contributed by atoms with E-state index < -0.39 is 0 Å². The maximum atomic E-state index is 13.0. The Balaban J connectivity index is 1.48. The van der Waals surface area contributed by atoms with Gasteiger partial charge in [-0.2, -0.15) is 0 Å². The molecule has 1 aromatic carbocycles. The van der Waals surface area contributed by atoms with Crippen molar-refractivity contribution in [2.24, 2.45) is 5.92 Å². The number of hydrogen-bond donors (Lipinski definition) is 1. The lowest BCUT2D eigenvalue weighted by atomic mass is 9.83. The summed E-state index contributed by atoms with van der Waals surface area (Å²) in [5.41, 5.74) is 2.65. The molecule has 1 fully saturated rings. The molecule has 1 amide bonds. The number of benzene rings is 1. The molecule has 1 N–H and O–H groups in total. The number of pyridine rings is 1. The molecule has 0 saturated carbocycles. The van der Waals surface area contributed by atoms with Crippen LogP contribution in [0.15, 0.2) is 41.2 Å². The van der Waals surface area contributed by atoms with Gasteiger partial charge < -0.3 is 19.5 Å². The van der Waals surface area contributed by atoms with E-state index >= 15 is 0 Å². The smallest absolute Gasteiger partial charge is 0.274 e. The van der Waals surface area contributed by atoms with Gasteiger partial charge in [0, 0.05) is 37.8 Å². The van der Waals surface area contributed by atoms with Crippen LogP contribution in [0.3, 0.4) is 0 Å². The fourth-order valence-corrected chi connectivity index (χ4v) is 4.74. The van der Waals surface area contributed by atoms with Crippen LogP contribution in [0, 0.1) is 5.92 Å². The summed E-state index contributed by atoms with van der Waals surface area (Å²) in [7, 11) is 5.34. The minimum absolute atomic E-state index is 0.0853. The fourth-order valence-electron chi connectivity index (χ4n) is 4.74. The predicted octanol–water partition coefficient (Wildman–Crippen LogP) is 1.98. The highest BCUT2D eigenvalue weighted by molar-refractivity contribution is 5.92. The van der Waals surface area contributed by atoms with Crippen molar-refractivity contribution in [3.8, 4) is 5.75 Å². The van der Waals surface area contributed by atoms with Gasteiger partial charge in [0.05, 0.1) is 13.7 Å². The van der Waals surface area contributed by atoms with Gasteiger partial charge in [0.1, 0.15) is 11.4 Å². The monoisotopic (exact) mass is 410 g/mol. The molecule has 7 heteroatoms. The molecule has 2 bridgehead atoms. The second-order valence-electron chi connectivity index (χ2n) is 8.71. The molecule has 0 spiro atoms. The van der Waals surface area contributed by atoms with Crippen LogP contribution >= 0.6 is 0 Å². The van der Waals surface area contributed by atoms with Crippen LogP contribution in [0.25, 0.3) is 0 Å². The summed E-state index contributed by atoms with van der Waals surface area (Å²) in [6.45, 7) is 3.79. The number of hydrogen-bond acceptors (Lipinski definition) is 5. The molecule has 3 heterocycles. The number of piperidine rings is 1. The fraction of sp³-hybridized carbons (Fsp3) is 0.478. The lowest BCUT2D eigenvalue weighted by Gasteiger charge is -2.43. The van der Waals surface area contributed by atoms with Crippen LogP contribution in [0.1, 0.15) is 23.6 Å². The van der Waals surface area contributed by atoms with Gasteiger partial charge in [-0.05, 0) is 56.3 Å². The van der Waals surface area contributed by atoms with Crippen molar-refractivity contribution in [2.75, 3.05) is 46.2 Å². The highest BCUT2D eigenvalue weighted by Gasteiger charge is 2.35. The first-order chi connectivity index (χ1) is 14.4. The molecule has 1 aromatic heterocycles. The standard InChI is InChI=1S/C23H30N4O3/c1-25(2)15-22(28)24-20-8-9-21-18-10-17(13-27(21)23(20)29)12-26(14-18)11-16-4-6-19(30-3)7-5-16/h4-9,17-18H,10-15H2,1-3H3,(H,24,28). The van der Waals surface area contributed by atoms with E-state index in [0.717, 1.165) is 37.5 Å². The van der Waals surface area contributed by atoms with E-state index in [4.69, 9.17) is 4.74 Å². The van der Waals surface area contributed by atoms with Crippen molar-refractivity contribution in [2.45, 2.75) is 25.4 Å². The van der Waals surface area contributed by atoms with Gasteiger partial charge in [0.2, 0.25) is 5.91 Å². The van der Waals surface area contributed by atoms with Crippen molar-refractivity contribution in [3.63, 3.8) is 0 Å². The summed E-state index contributed by atoms with van der Waals surface area (Å²) in [5.74, 6) is 1.49. The SMILES string of the molecule is COc1ccc(CN2CC3CC(C2)c2ccc(NC(=O)CN(C)C)c(=O)n2C3)cc1. The van der Waals surface area contributed by atoms with E-state index in [9.17, 15) is 9.59 Å². The third-order valence-electron chi connectivity index (χ3n) is 5.98. The second kappa shape index (κ2) is 8.62. The number of likely N-dealkylation sites (N-methyl/N-ethyl adjacent to an activating group) is 1. The van der Waals surface area contributed by atoms with Crippen LogP contribution in [0.4, 0.5) is 5.69 Å². The summed E-state index contributed by atoms with van der Waals surface area (Å²) in [6, 6.07) is 12.0. The van der Waals surface area contributed by atoms with Gasteiger partial charge in [-0.3, -0.25) is 14.5 Å². The van der Waals surface area contributed by atoms with E-state index in [-0.39, 0.29) is 18.0 Å². The molecular formula is C23H30N4O3. The zero-order chi connectivity index (χ0) is 21.3. The summed E-state index contributed by atoms with van der Waals surface area (Å²) in [6.07, 6.45) is 1.12. The lowest BCUT2D eigenvalue weighted by molar-refractivity contribution is -0.116. The van der Waals surface area contributed by atoms with Gasteiger partial charge in [-0.25, -0.2) is 0 Å². The Bertz CT molecular complexity index is 967. The number of anilines is 1. The molecule has 2 atom stereocenters. The Morgan fingerprint density at radius 3 is 2.60 bits per heavy atom. The number of methoxy groups -OCH3 is 1. The Hall–Kier alpha value is -2.64. The number of rotatable bonds is 6. The summed E-state index contributed by atoms with van der Waals surface area (Å²) in [4.78, 5) is 29.4. The van der Waals surface area contributed by atoms with Crippen molar-refractivity contribution < 1.29 is 9.53 Å². The highest BCUT2D eigenvalue weighted by Crippen LogP contribution is 2.36. The maximum Gasteiger partial charge on any atom is 0.274 e. The zero-order valence-electron chi connectivity index (χ0n) is 17.9. The van der Waals surface area contributed by atoms with Gasteiger partial charge in [-0.1, -0.05) is 12.1 Å². The van der Waals surface area contributed by atoms with Gasteiger partial charge in [-0.15, -0.1) is 0 Å². The average molecular weight is 411 g/mol. The molecule has 7 nitrogen and oxygen atoms in total. The quantitative estimate of drug-likeness (QED) is 0.789. The predicted molar refractivity (Wildman–Crippen MR) is 117 cm³/mol. The van der Waals surface area contributed by atoms with Gasteiger partial charge in [0.15, 0.2) is 0 Å². The van der Waals surface area contributed by atoms with E-state index in [0.29, 0.717) is 24.1 Å². The van der Waals surface area contributed by atoms with E-state index in [1.165, 1.54) is 5.56 Å². The normalized spacial score (nSPS) is 20.7. The first-order valence-corrected chi connectivity index (χ1v) is 10.5. The van der Waals surface area contributed by atoms with E-state index in [1.54, 1.807) is 18.1 Å². The first kappa shape index (κ1) is 20.6. The molecule has 2 aromatic rings. The van der Waals surface area contributed by atoms with Crippen molar-refractivity contribution in [1.82, 2.24) is 14.4 Å². The summed E-state index contributed by atoms with van der Waals surface area (Å²) < 4.78 is 7.13. The highest BCUT2D eigenvalue weighted by atomic mass is 16.5. The molecule has 2 aliphatic heterocycles. The largest absolute Gasteiger partial charge is 0.497 e. The number of amides is 1. The minimum Gasteiger partial charge on any atom is -0.497 e. The number of aromatic nitrogens is 1. The molecule has 160 valence electrons. The maximum absolute atomic E-state index is 13.0. The Labute approximate surface area is 177 Å². The number of nitrogens with zero attached hydrogens (tertiary/aromatic N) is 3. The van der Waals surface area contributed by atoms with Crippen LogP contribution in [-0.4, -0.2) is 61.1 Å². The Morgan fingerprint density at radius 1 is 1.13 bits per heavy atom. The lowest BCUT2D eigenvalue weighted by Crippen LogP contribution is -2.47. The van der Waals surface area contributed by atoms with Crippen LogP contribution in [0.5, 0.6) is 5.75 Å². The zero-order valence-corrected chi connectivity index (χ0v) is 17.9. The van der Waals surface area contributed by atoms with Crippen LogP contribution in [0.2, 0.25) is 0 Å². The van der Waals surface area contributed by atoms with Crippen molar-refractivity contribution in [3.05, 3.63) is 58.0 Å². The molecule has 0 radical (unpaired) electrons.